The van der Waals surface area contributed by atoms with Gasteiger partial charge in [0.1, 0.15) is 0 Å². The zero-order valence-corrected chi connectivity index (χ0v) is 19.6. The third-order valence-corrected chi connectivity index (χ3v) is 7.46. The molecule has 0 aliphatic carbocycles. The quantitative estimate of drug-likeness (QED) is 0.331. The summed E-state index contributed by atoms with van der Waals surface area (Å²) in [5, 5.41) is 8.20. The second-order valence-corrected chi connectivity index (χ2v) is 10.8. The van der Waals surface area contributed by atoms with Crippen LogP contribution < -0.4 is 10.5 Å². The highest BCUT2D eigenvalue weighted by Gasteiger charge is 2.55. The van der Waals surface area contributed by atoms with Crippen molar-refractivity contribution < 1.29 is 30.8 Å². The fraction of sp³-hybridized carbons (Fsp3) is 0.500. The summed E-state index contributed by atoms with van der Waals surface area (Å²) in [6.45, 7) is 2.67. The van der Waals surface area contributed by atoms with Gasteiger partial charge < -0.3 is 14.4 Å². The summed E-state index contributed by atoms with van der Waals surface area (Å²) >= 11 is 3.08. The zero-order valence-electron chi connectivity index (χ0n) is 16.3. The molecule has 1 aromatic heterocycles. The van der Waals surface area contributed by atoms with Gasteiger partial charge in [0, 0.05) is 28.2 Å². The number of rotatable bonds is 11. The molecule has 0 amide bonds. The Morgan fingerprint density at radius 3 is 2.47 bits per heavy atom. The predicted octanol–water partition coefficient (Wildman–Crippen LogP) is 3.80. The molecule has 0 bridgehead atoms. The van der Waals surface area contributed by atoms with Gasteiger partial charge in [-0.25, -0.2) is 23.5 Å². The Morgan fingerprint density at radius 1 is 1.27 bits per heavy atom. The van der Waals surface area contributed by atoms with E-state index in [-0.39, 0.29) is 47.9 Å². The maximum atomic E-state index is 15.2. The molecule has 0 aliphatic rings. The van der Waals surface area contributed by atoms with Gasteiger partial charge in [0.2, 0.25) is 16.0 Å². The van der Waals surface area contributed by atoms with Gasteiger partial charge in [-0.15, -0.1) is 0 Å². The largest absolute Gasteiger partial charge is 0.404 e. The molecule has 1 heterocycles. The molecular weight excluding hydrogens is 509 g/mol. The van der Waals surface area contributed by atoms with Gasteiger partial charge in [-0.05, 0) is 32.4 Å². The van der Waals surface area contributed by atoms with Crippen LogP contribution in [0.5, 0.6) is 0 Å². The van der Waals surface area contributed by atoms with Gasteiger partial charge in [-0.2, -0.15) is 8.78 Å². The number of alkyl halides is 2. The van der Waals surface area contributed by atoms with E-state index in [2.05, 4.69) is 31.2 Å². The number of nitrogens with zero attached hydrogens (tertiary/aromatic N) is 2. The fourth-order valence-corrected chi connectivity index (χ4v) is 5.40. The molecule has 0 radical (unpaired) electrons. The highest BCUT2D eigenvalue weighted by Crippen LogP contribution is 2.67. The van der Waals surface area contributed by atoms with Crippen LogP contribution in [-0.2, 0) is 29.3 Å². The standard InChI is InChI=1S/C16H22BrF2N4O5PS/c1-3-27-29(24,28-4-2)16(18,19)12-9-14-11(8-13(12)17)10-22-15(23-14)21-6-5-7-30(20,25)26/h8-10H,3-7H2,1-2H3,(H2,20,25,26)(H,21,22,23). The summed E-state index contributed by atoms with van der Waals surface area (Å²) < 4.78 is 74.6. The molecule has 0 saturated heterocycles. The third-order valence-electron chi connectivity index (χ3n) is 3.82. The minimum atomic E-state index is -4.79. The SMILES string of the molecule is CCOP(=O)(OCC)C(F)(F)c1cc2nc(NCCCS(N)(=O)=O)ncc2cc1Br. The van der Waals surface area contributed by atoms with E-state index in [1.165, 1.54) is 26.1 Å². The van der Waals surface area contributed by atoms with E-state index in [0.29, 0.717) is 5.39 Å². The second kappa shape index (κ2) is 9.92. The molecule has 0 saturated carbocycles. The molecular formula is C16H22BrF2N4O5PS. The van der Waals surface area contributed by atoms with Crippen LogP contribution >= 0.6 is 23.5 Å². The number of primary sulfonamides is 1. The molecule has 0 atom stereocenters. The molecule has 0 spiro atoms. The number of nitrogens with one attached hydrogen (secondary N) is 1. The van der Waals surface area contributed by atoms with E-state index in [1.54, 1.807) is 0 Å². The first-order valence-electron chi connectivity index (χ1n) is 8.91. The number of nitrogens with two attached hydrogens (primary N) is 1. The summed E-state index contributed by atoms with van der Waals surface area (Å²) in [5.74, 6) is -0.104. The van der Waals surface area contributed by atoms with Crippen molar-refractivity contribution >= 4 is 50.4 Å². The lowest BCUT2D eigenvalue weighted by Crippen LogP contribution is -2.19. The van der Waals surface area contributed by atoms with E-state index in [9.17, 15) is 13.0 Å². The number of halogens is 3. The Morgan fingerprint density at radius 2 is 1.90 bits per heavy atom. The monoisotopic (exact) mass is 530 g/mol. The molecule has 9 nitrogen and oxygen atoms in total. The summed E-state index contributed by atoms with van der Waals surface area (Å²) in [4.78, 5) is 8.24. The Labute approximate surface area is 181 Å². The number of sulfonamides is 1. The maximum Gasteiger partial charge on any atom is 0.404 e. The topological polar surface area (TPSA) is 134 Å². The van der Waals surface area contributed by atoms with Crippen LogP contribution in [0.2, 0.25) is 0 Å². The Kier molecular flexibility index (Phi) is 8.28. The van der Waals surface area contributed by atoms with Crippen molar-refractivity contribution in [2.45, 2.75) is 25.9 Å². The maximum absolute atomic E-state index is 15.2. The van der Waals surface area contributed by atoms with Crippen LogP contribution in [0.15, 0.2) is 22.8 Å². The molecule has 30 heavy (non-hydrogen) atoms. The van der Waals surface area contributed by atoms with Gasteiger partial charge >= 0.3 is 13.3 Å². The number of fused-ring (bicyclic) bond motifs is 1. The molecule has 168 valence electrons. The van der Waals surface area contributed by atoms with Gasteiger partial charge in [0.15, 0.2) is 0 Å². The molecule has 1 aromatic carbocycles. The van der Waals surface area contributed by atoms with E-state index in [4.69, 9.17) is 14.2 Å². The lowest BCUT2D eigenvalue weighted by molar-refractivity contribution is 0.0355. The van der Waals surface area contributed by atoms with Crippen LogP contribution in [0.25, 0.3) is 10.9 Å². The van der Waals surface area contributed by atoms with Crippen LogP contribution in [0, 0.1) is 0 Å². The minimum absolute atomic E-state index is 0.00269. The van der Waals surface area contributed by atoms with Crippen LogP contribution in [0.1, 0.15) is 25.8 Å². The highest BCUT2D eigenvalue weighted by atomic mass is 79.9. The van der Waals surface area contributed by atoms with E-state index >= 15 is 8.78 Å². The van der Waals surface area contributed by atoms with Crippen LogP contribution in [-0.4, -0.2) is 43.9 Å². The lowest BCUT2D eigenvalue weighted by atomic mass is 10.1. The normalized spacial score (nSPS) is 13.0. The Balaban J connectivity index is 2.37. The Bertz CT molecular complexity index is 1050. The number of hydrogen-bond donors (Lipinski definition) is 2. The van der Waals surface area contributed by atoms with Gasteiger partial charge in [0.05, 0.1) is 24.5 Å². The summed E-state index contributed by atoms with van der Waals surface area (Å²) in [5.41, 5.74) is -4.37. The Hall–Kier alpha value is -1.24. The van der Waals surface area contributed by atoms with Crippen molar-refractivity contribution in [2.75, 3.05) is 30.8 Å². The van der Waals surface area contributed by atoms with Crippen molar-refractivity contribution in [1.29, 1.82) is 0 Å². The third kappa shape index (κ3) is 5.92. The minimum Gasteiger partial charge on any atom is -0.354 e. The number of benzene rings is 1. The second-order valence-electron chi connectivity index (χ2n) is 6.11. The van der Waals surface area contributed by atoms with Crippen molar-refractivity contribution in [1.82, 2.24) is 9.97 Å². The molecule has 0 aliphatic heterocycles. The fourth-order valence-electron chi connectivity index (χ4n) is 2.53. The van der Waals surface area contributed by atoms with Gasteiger partial charge in [-0.1, -0.05) is 15.9 Å². The van der Waals surface area contributed by atoms with Crippen molar-refractivity contribution in [3.63, 3.8) is 0 Å². The first kappa shape index (κ1) is 25.0. The number of aromatic nitrogens is 2. The summed E-state index contributed by atoms with van der Waals surface area (Å²) in [6, 6.07) is 2.47. The molecule has 14 heteroatoms. The summed E-state index contributed by atoms with van der Waals surface area (Å²) in [6.07, 6.45) is 1.64. The average molecular weight is 531 g/mol. The van der Waals surface area contributed by atoms with Crippen molar-refractivity contribution in [3.05, 3.63) is 28.4 Å². The smallest absolute Gasteiger partial charge is 0.354 e. The molecule has 3 N–H and O–H groups in total. The lowest BCUT2D eigenvalue weighted by Gasteiger charge is -2.26. The molecule has 2 rings (SSSR count). The molecule has 2 aromatic rings. The average Bonchev–Trinajstić information content (AvgIpc) is 2.64. The zero-order chi connectivity index (χ0) is 22.6. The summed E-state index contributed by atoms with van der Waals surface area (Å²) in [7, 11) is -8.37. The van der Waals surface area contributed by atoms with E-state index < -0.39 is 28.8 Å². The van der Waals surface area contributed by atoms with Gasteiger partial charge in [0.25, 0.3) is 0 Å². The number of hydrogen-bond acceptors (Lipinski definition) is 8. The predicted molar refractivity (Wildman–Crippen MR) is 113 cm³/mol. The van der Waals surface area contributed by atoms with Gasteiger partial charge in [-0.3, -0.25) is 4.57 Å². The highest BCUT2D eigenvalue weighted by molar-refractivity contribution is 9.10. The molecule has 0 unspecified atom stereocenters. The van der Waals surface area contributed by atoms with Crippen LogP contribution in [0.3, 0.4) is 0 Å². The number of anilines is 1. The van der Waals surface area contributed by atoms with Crippen LogP contribution in [0.4, 0.5) is 14.7 Å². The van der Waals surface area contributed by atoms with Crippen molar-refractivity contribution in [3.8, 4) is 0 Å². The van der Waals surface area contributed by atoms with E-state index in [0.717, 1.165) is 6.07 Å². The van der Waals surface area contributed by atoms with E-state index in [1.807, 2.05) is 0 Å². The first-order valence-corrected chi connectivity index (χ1v) is 13.0. The first-order chi connectivity index (χ1) is 13.9. The van der Waals surface area contributed by atoms with Crippen molar-refractivity contribution in [2.24, 2.45) is 5.14 Å². The molecule has 0 fully saturated rings.